The summed E-state index contributed by atoms with van der Waals surface area (Å²) < 4.78 is 4.84. The standard InChI is InChI=1S/C24H20BrN5O/c1-14-26-22-20(24(31)29(14)16-6-2-3-7-16)21-23(28-19-9-5-4-8-18(19)27-21)30(22)17-12-10-15(25)11-13-17/h4-5,8-13,16H,2-3,6-7H2,1H3. The summed E-state index contributed by atoms with van der Waals surface area (Å²) in [7, 11) is 0. The van der Waals surface area contributed by atoms with Crippen LogP contribution in [0, 0.1) is 6.92 Å². The fourth-order valence-electron chi connectivity index (χ4n) is 4.84. The summed E-state index contributed by atoms with van der Waals surface area (Å²) >= 11 is 3.51. The van der Waals surface area contributed by atoms with Crippen molar-refractivity contribution in [3.63, 3.8) is 0 Å². The Bertz CT molecular complexity index is 1530. The highest BCUT2D eigenvalue weighted by molar-refractivity contribution is 9.10. The molecule has 3 heterocycles. The molecule has 31 heavy (non-hydrogen) atoms. The van der Waals surface area contributed by atoms with Crippen molar-refractivity contribution in [2.45, 2.75) is 38.6 Å². The Kier molecular flexibility index (Phi) is 4.21. The van der Waals surface area contributed by atoms with Gasteiger partial charge in [0.15, 0.2) is 11.3 Å². The van der Waals surface area contributed by atoms with Gasteiger partial charge in [0.2, 0.25) is 0 Å². The summed E-state index contributed by atoms with van der Waals surface area (Å²) in [5.74, 6) is 0.745. The average Bonchev–Trinajstić information content (AvgIpc) is 3.39. The zero-order valence-electron chi connectivity index (χ0n) is 17.0. The molecule has 1 aliphatic carbocycles. The summed E-state index contributed by atoms with van der Waals surface area (Å²) in [6.07, 6.45) is 4.35. The van der Waals surface area contributed by atoms with Crippen molar-refractivity contribution in [1.29, 1.82) is 0 Å². The quantitative estimate of drug-likeness (QED) is 0.340. The normalized spacial score (nSPS) is 14.9. The molecule has 0 bridgehead atoms. The number of aryl methyl sites for hydroxylation is 1. The highest BCUT2D eigenvalue weighted by Gasteiger charge is 2.26. The van der Waals surface area contributed by atoms with Crippen LogP contribution >= 0.6 is 15.9 Å². The Morgan fingerprint density at radius 1 is 0.903 bits per heavy atom. The van der Waals surface area contributed by atoms with E-state index in [0.29, 0.717) is 22.2 Å². The van der Waals surface area contributed by atoms with Gasteiger partial charge in [-0.15, -0.1) is 0 Å². The molecule has 154 valence electrons. The van der Waals surface area contributed by atoms with E-state index in [1.807, 2.05) is 64.6 Å². The third-order valence-electron chi connectivity index (χ3n) is 6.26. The van der Waals surface area contributed by atoms with Crippen molar-refractivity contribution >= 4 is 49.2 Å². The molecule has 2 aromatic carbocycles. The van der Waals surface area contributed by atoms with Crippen LogP contribution in [0.5, 0.6) is 0 Å². The molecule has 0 amide bonds. The van der Waals surface area contributed by atoms with E-state index in [-0.39, 0.29) is 11.6 Å². The zero-order valence-corrected chi connectivity index (χ0v) is 18.6. The summed E-state index contributed by atoms with van der Waals surface area (Å²) in [5, 5.41) is 0.550. The minimum absolute atomic E-state index is 0.0140. The number of aromatic nitrogens is 5. The van der Waals surface area contributed by atoms with Gasteiger partial charge in [-0.25, -0.2) is 15.0 Å². The van der Waals surface area contributed by atoms with Gasteiger partial charge < -0.3 is 0 Å². The first-order valence-electron chi connectivity index (χ1n) is 10.6. The summed E-state index contributed by atoms with van der Waals surface area (Å²) in [6, 6.07) is 15.9. The first kappa shape index (κ1) is 18.7. The largest absolute Gasteiger partial charge is 0.293 e. The highest BCUT2D eigenvalue weighted by Crippen LogP contribution is 2.32. The van der Waals surface area contributed by atoms with Gasteiger partial charge in [0.1, 0.15) is 16.7 Å². The molecule has 3 aromatic heterocycles. The number of nitrogens with zero attached hydrogens (tertiary/aromatic N) is 5. The average molecular weight is 474 g/mol. The van der Waals surface area contributed by atoms with E-state index in [1.165, 1.54) is 0 Å². The molecule has 0 N–H and O–H groups in total. The lowest BCUT2D eigenvalue weighted by Gasteiger charge is -2.16. The summed E-state index contributed by atoms with van der Waals surface area (Å²) in [4.78, 5) is 28.6. The van der Waals surface area contributed by atoms with Crippen molar-refractivity contribution in [3.8, 4) is 5.69 Å². The molecule has 6 rings (SSSR count). The van der Waals surface area contributed by atoms with Crippen molar-refractivity contribution in [3.05, 3.63) is 69.2 Å². The second kappa shape index (κ2) is 6.99. The van der Waals surface area contributed by atoms with Crippen molar-refractivity contribution in [2.75, 3.05) is 0 Å². The van der Waals surface area contributed by atoms with Gasteiger partial charge in [-0.2, -0.15) is 0 Å². The lowest BCUT2D eigenvalue weighted by Crippen LogP contribution is -2.27. The van der Waals surface area contributed by atoms with Gasteiger partial charge in [0.05, 0.1) is 11.0 Å². The highest BCUT2D eigenvalue weighted by atomic mass is 79.9. The maximum atomic E-state index is 13.8. The fraction of sp³-hybridized carbons (Fsp3) is 0.250. The number of hydrogen-bond acceptors (Lipinski definition) is 4. The Balaban J connectivity index is 1.79. The molecule has 0 spiro atoms. The maximum absolute atomic E-state index is 13.8. The molecule has 0 atom stereocenters. The Hall–Kier alpha value is -3.06. The van der Waals surface area contributed by atoms with Crippen LogP contribution in [0.15, 0.2) is 57.8 Å². The van der Waals surface area contributed by atoms with E-state index in [1.54, 1.807) is 0 Å². The van der Waals surface area contributed by atoms with E-state index in [2.05, 4.69) is 15.9 Å². The monoisotopic (exact) mass is 473 g/mol. The smallest absolute Gasteiger partial charge is 0.265 e. The molecular weight excluding hydrogens is 454 g/mol. The number of hydrogen-bond donors (Lipinski definition) is 0. The minimum Gasteiger partial charge on any atom is -0.293 e. The van der Waals surface area contributed by atoms with E-state index in [9.17, 15) is 4.79 Å². The van der Waals surface area contributed by atoms with Gasteiger partial charge >= 0.3 is 0 Å². The van der Waals surface area contributed by atoms with Crippen molar-refractivity contribution in [1.82, 2.24) is 24.1 Å². The SMILES string of the molecule is Cc1nc2c(c(=O)n1C1CCCC1)c1nc3ccccc3nc1n2-c1ccc(Br)cc1. The van der Waals surface area contributed by atoms with E-state index >= 15 is 0 Å². The maximum Gasteiger partial charge on any atom is 0.265 e. The molecule has 0 aliphatic heterocycles. The molecule has 1 saturated carbocycles. The molecule has 1 aliphatic rings. The molecule has 0 radical (unpaired) electrons. The third kappa shape index (κ3) is 2.83. The fourth-order valence-corrected chi connectivity index (χ4v) is 5.10. The van der Waals surface area contributed by atoms with Gasteiger partial charge in [0.25, 0.3) is 5.56 Å². The van der Waals surface area contributed by atoms with E-state index < -0.39 is 0 Å². The van der Waals surface area contributed by atoms with Crippen LogP contribution in [0.2, 0.25) is 0 Å². The number of rotatable bonds is 2. The molecule has 7 heteroatoms. The van der Waals surface area contributed by atoms with Gasteiger partial charge in [0, 0.05) is 16.2 Å². The number of fused-ring (bicyclic) bond motifs is 4. The van der Waals surface area contributed by atoms with Gasteiger partial charge in [-0.05, 0) is 56.2 Å². The van der Waals surface area contributed by atoms with Gasteiger partial charge in [-0.1, -0.05) is 40.9 Å². The third-order valence-corrected chi connectivity index (χ3v) is 6.79. The van der Waals surface area contributed by atoms with Crippen LogP contribution < -0.4 is 5.56 Å². The van der Waals surface area contributed by atoms with Crippen molar-refractivity contribution in [2.24, 2.45) is 0 Å². The molecular formula is C24H20BrN5O. The first-order valence-corrected chi connectivity index (χ1v) is 11.4. The predicted molar refractivity (Wildman–Crippen MR) is 126 cm³/mol. The lowest BCUT2D eigenvalue weighted by atomic mass is 10.2. The van der Waals surface area contributed by atoms with Crippen LogP contribution in [0.3, 0.4) is 0 Å². The van der Waals surface area contributed by atoms with Gasteiger partial charge in [-0.3, -0.25) is 13.9 Å². The number of benzene rings is 2. The number of para-hydroxylation sites is 2. The van der Waals surface area contributed by atoms with Crippen LogP contribution in [-0.4, -0.2) is 24.1 Å². The molecule has 1 fully saturated rings. The van der Waals surface area contributed by atoms with Crippen LogP contribution in [-0.2, 0) is 0 Å². The summed E-state index contributed by atoms with van der Waals surface area (Å²) in [5.41, 5.74) is 4.34. The second-order valence-corrected chi connectivity index (χ2v) is 9.08. The van der Waals surface area contributed by atoms with Crippen LogP contribution in [0.4, 0.5) is 0 Å². The first-order chi connectivity index (χ1) is 15.1. The Morgan fingerprint density at radius 2 is 1.58 bits per heavy atom. The molecule has 0 unspecified atom stereocenters. The summed E-state index contributed by atoms with van der Waals surface area (Å²) in [6.45, 7) is 1.93. The van der Waals surface area contributed by atoms with Crippen LogP contribution in [0.25, 0.3) is 38.9 Å². The zero-order chi connectivity index (χ0) is 21.1. The minimum atomic E-state index is -0.0140. The molecule has 0 saturated heterocycles. The van der Waals surface area contributed by atoms with Crippen LogP contribution in [0.1, 0.15) is 37.5 Å². The van der Waals surface area contributed by atoms with Crippen molar-refractivity contribution < 1.29 is 0 Å². The second-order valence-electron chi connectivity index (χ2n) is 8.17. The topological polar surface area (TPSA) is 65.6 Å². The molecule has 6 nitrogen and oxygen atoms in total. The Morgan fingerprint density at radius 3 is 2.29 bits per heavy atom. The van der Waals surface area contributed by atoms with E-state index in [0.717, 1.165) is 52.7 Å². The Labute approximate surface area is 186 Å². The number of halogens is 1. The van der Waals surface area contributed by atoms with E-state index in [4.69, 9.17) is 15.0 Å². The predicted octanol–water partition coefficient (Wildman–Crippen LogP) is 5.47. The molecule has 5 aromatic rings. The lowest BCUT2D eigenvalue weighted by molar-refractivity contribution is 0.485.